The zero-order valence-corrected chi connectivity index (χ0v) is 21.2. The van der Waals surface area contributed by atoms with E-state index in [-0.39, 0.29) is 53.3 Å². The van der Waals surface area contributed by atoms with Crippen LogP contribution in [0.4, 0.5) is 14.5 Å². The quantitative estimate of drug-likeness (QED) is 0.584. The number of hydrogen-bond acceptors (Lipinski definition) is 5. The van der Waals surface area contributed by atoms with Crippen LogP contribution in [0.1, 0.15) is 65.9 Å². The van der Waals surface area contributed by atoms with E-state index in [1.807, 2.05) is 13.8 Å². The van der Waals surface area contributed by atoms with Crippen LogP contribution in [0.3, 0.4) is 0 Å². The van der Waals surface area contributed by atoms with Gasteiger partial charge in [0.15, 0.2) is 21.5 Å². The zero-order valence-electron chi connectivity index (χ0n) is 20.4. The summed E-state index contributed by atoms with van der Waals surface area (Å²) in [6.45, 7) is 9.87. The number of anilines is 1. The number of carbonyl (C=O) groups is 1. The highest BCUT2D eigenvalue weighted by atomic mass is 32.2. The Hall–Kier alpha value is -1.54. The van der Waals surface area contributed by atoms with Crippen LogP contribution in [0.2, 0.25) is 0 Å². The summed E-state index contributed by atoms with van der Waals surface area (Å²) in [7, 11) is -3.20. The number of halogens is 2. The lowest BCUT2D eigenvalue weighted by Gasteiger charge is -2.37. The summed E-state index contributed by atoms with van der Waals surface area (Å²) < 4.78 is 59.5. The van der Waals surface area contributed by atoms with Crippen molar-refractivity contribution in [2.24, 2.45) is 11.8 Å². The molecule has 3 rings (SSSR count). The van der Waals surface area contributed by atoms with Gasteiger partial charge in [-0.2, -0.15) is 0 Å². The minimum atomic E-state index is -3.20. The number of rotatable bonds is 6. The molecule has 0 spiro atoms. The Morgan fingerprint density at radius 3 is 2.15 bits per heavy atom. The maximum absolute atomic E-state index is 14.9. The minimum absolute atomic E-state index is 0.0463. The molecule has 5 nitrogen and oxygen atoms in total. The molecule has 1 saturated carbocycles. The van der Waals surface area contributed by atoms with Crippen LogP contribution in [0, 0.1) is 23.5 Å². The summed E-state index contributed by atoms with van der Waals surface area (Å²) in [4.78, 5) is 14.6. The Bertz CT molecular complexity index is 955. The fourth-order valence-corrected chi connectivity index (χ4v) is 6.33. The van der Waals surface area contributed by atoms with E-state index in [2.05, 4.69) is 0 Å². The first-order valence-electron chi connectivity index (χ1n) is 11.9. The van der Waals surface area contributed by atoms with Crippen molar-refractivity contribution in [3.05, 3.63) is 29.3 Å². The lowest BCUT2D eigenvalue weighted by Crippen LogP contribution is -2.46. The van der Waals surface area contributed by atoms with Crippen molar-refractivity contribution in [2.45, 2.75) is 83.7 Å². The SMILES string of the molecule is C[C@@H]1CN(c2ccc(CC(=O)C3CCC(CS(=O)(=O)C(C)(C)C)CC3)c(F)c2F)C[C@H](C)O1. The number of ether oxygens (including phenoxy) is 1. The number of nitrogens with zero attached hydrogens (tertiary/aromatic N) is 1. The Balaban J connectivity index is 1.60. The van der Waals surface area contributed by atoms with Gasteiger partial charge in [0.2, 0.25) is 0 Å². The van der Waals surface area contributed by atoms with Gasteiger partial charge < -0.3 is 9.64 Å². The predicted molar refractivity (Wildman–Crippen MR) is 126 cm³/mol. The highest BCUT2D eigenvalue weighted by molar-refractivity contribution is 7.92. The van der Waals surface area contributed by atoms with E-state index >= 15 is 0 Å². The molecule has 8 heteroatoms. The van der Waals surface area contributed by atoms with Crippen LogP contribution < -0.4 is 4.90 Å². The molecule has 0 bridgehead atoms. The fraction of sp³-hybridized carbons (Fsp3) is 0.720. The van der Waals surface area contributed by atoms with Crippen molar-refractivity contribution in [1.82, 2.24) is 0 Å². The van der Waals surface area contributed by atoms with Gasteiger partial charge in [0, 0.05) is 25.4 Å². The molecule has 1 aromatic carbocycles. The van der Waals surface area contributed by atoms with E-state index < -0.39 is 26.2 Å². The Morgan fingerprint density at radius 1 is 1.03 bits per heavy atom. The molecular formula is C25H37F2NO4S. The number of benzene rings is 1. The van der Waals surface area contributed by atoms with Crippen LogP contribution in [-0.4, -0.2) is 50.0 Å². The molecule has 186 valence electrons. The van der Waals surface area contributed by atoms with Gasteiger partial charge in [-0.3, -0.25) is 4.79 Å². The molecule has 2 aliphatic rings. The second-order valence-corrected chi connectivity index (χ2v) is 13.6. The molecule has 0 unspecified atom stereocenters. The number of hydrogen-bond donors (Lipinski definition) is 0. The van der Waals surface area contributed by atoms with Gasteiger partial charge in [-0.1, -0.05) is 6.07 Å². The van der Waals surface area contributed by atoms with Crippen LogP contribution in [0.15, 0.2) is 12.1 Å². The number of sulfone groups is 1. The third-order valence-corrected chi connectivity index (χ3v) is 9.73. The molecule has 1 aromatic rings. The lowest BCUT2D eigenvalue weighted by atomic mass is 9.79. The van der Waals surface area contributed by atoms with Crippen LogP contribution >= 0.6 is 0 Å². The monoisotopic (exact) mass is 485 g/mol. The van der Waals surface area contributed by atoms with E-state index in [4.69, 9.17) is 4.74 Å². The Morgan fingerprint density at radius 2 is 1.61 bits per heavy atom. The maximum atomic E-state index is 14.9. The molecule has 0 amide bonds. The standard InChI is InChI=1S/C25H37F2NO4S/c1-16-13-28(14-17(2)32-16)21-11-10-20(23(26)24(21)27)12-22(29)19-8-6-18(7-9-19)15-33(30,31)25(3,4)5/h10-11,16-19H,6-9,12-15H2,1-5H3/t16-,17+,18?,19?. The van der Waals surface area contributed by atoms with E-state index in [0.717, 1.165) is 0 Å². The van der Waals surface area contributed by atoms with Crippen molar-refractivity contribution in [3.63, 3.8) is 0 Å². The number of morpholine rings is 1. The first-order chi connectivity index (χ1) is 15.3. The molecular weight excluding hydrogens is 448 g/mol. The molecule has 1 aliphatic carbocycles. The molecule has 33 heavy (non-hydrogen) atoms. The van der Waals surface area contributed by atoms with Gasteiger partial charge in [-0.15, -0.1) is 0 Å². The molecule has 1 heterocycles. The third-order valence-electron chi connectivity index (χ3n) is 6.96. The molecule has 1 saturated heterocycles. The predicted octanol–water partition coefficient (Wildman–Crippen LogP) is 4.71. The van der Waals surface area contributed by atoms with Gasteiger partial charge in [0.25, 0.3) is 0 Å². The van der Waals surface area contributed by atoms with Crippen molar-refractivity contribution in [3.8, 4) is 0 Å². The first kappa shape index (κ1) is 26.1. The van der Waals surface area contributed by atoms with Crippen LogP contribution in [0.25, 0.3) is 0 Å². The van der Waals surface area contributed by atoms with E-state index in [9.17, 15) is 22.0 Å². The van der Waals surface area contributed by atoms with Gasteiger partial charge >= 0.3 is 0 Å². The van der Waals surface area contributed by atoms with Crippen molar-refractivity contribution < 1.29 is 26.7 Å². The summed E-state index contributed by atoms with van der Waals surface area (Å²) >= 11 is 0. The smallest absolute Gasteiger partial charge is 0.182 e. The maximum Gasteiger partial charge on any atom is 0.182 e. The Kier molecular flexibility index (Phi) is 7.89. The average Bonchev–Trinajstić information content (AvgIpc) is 2.70. The number of carbonyl (C=O) groups excluding carboxylic acids is 1. The van der Waals surface area contributed by atoms with Gasteiger partial charge in [0.05, 0.1) is 28.4 Å². The van der Waals surface area contributed by atoms with Crippen molar-refractivity contribution >= 4 is 21.3 Å². The largest absolute Gasteiger partial charge is 0.372 e. The average molecular weight is 486 g/mol. The number of Topliss-reactive ketones (excluding diaryl/α,β-unsaturated/α-hetero) is 1. The summed E-state index contributed by atoms with van der Waals surface area (Å²) in [6.07, 6.45) is 2.21. The van der Waals surface area contributed by atoms with E-state index in [0.29, 0.717) is 38.8 Å². The summed E-state index contributed by atoms with van der Waals surface area (Å²) in [6, 6.07) is 3.07. The van der Waals surface area contributed by atoms with E-state index in [1.54, 1.807) is 31.7 Å². The lowest BCUT2D eigenvalue weighted by molar-refractivity contribution is -0.123. The van der Waals surface area contributed by atoms with Gasteiger partial charge in [-0.05, 0) is 77.8 Å². The summed E-state index contributed by atoms with van der Waals surface area (Å²) in [5.74, 6) is -2.04. The normalized spacial score (nSPS) is 26.9. The zero-order chi connectivity index (χ0) is 24.6. The summed E-state index contributed by atoms with van der Waals surface area (Å²) in [5, 5.41) is 0. The molecule has 0 aromatic heterocycles. The van der Waals surface area contributed by atoms with Crippen LogP contribution in [-0.2, 0) is 25.8 Å². The Labute approximate surface area is 196 Å². The van der Waals surface area contributed by atoms with Crippen LogP contribution in [0.5, 0.6) is 0 Å². The molecule has 2 atom stereocenters. The highest BCUT2D eigenvalue weighted by Crippen LogP contribution is 2.34. The molecule has 0 radical (unpaired) electrons. The van der Waals surface area contributed by atoms with Crippen molar-refractivity contribution in [2.75, 3.05) is 23.7 Å². The van der Waals surface area contributed by atoms with Crippen molar-refractivity contribution in [1.29, 1.82) is 0 Å². The molecule has 0 N–H and O–H groups in total. The number of ketones is 1. The third kappa shape index (κ3) is 6.13. The minimum Gasteiger partial charge on any atom is -0.372 e. The highest BCUT2D eigenvalue weighted by Gasteiger charge is 2.35. The molecule has 1 aliphatic heterocycles. The summed E-state index contributed by atoms with van der Waals surface area (Å²) in [5.41, 5.74) is 0.277. The van der Waals surface area contributed by atoms with E-state index in [1.165, 1.54) is 6.07 Å². The molecule has 2 fully saturated rings. The first-order valence-corrected chi connectivity index (χ1v) is 13.6. The van der Waals surface area contributed by atoms with Gasteiger partial charge in [0.1, 0.15) is 5.78 Å². The fourth-order valence-electron chi connectivity index (χ4n) is 4.88. The second kappa shape index (κ2) is 9.98. The topological polar surface area (TPSA) is 63.7 Å². The second-order valence-electron chi connectivity index (χ2n) is 10.8. The van der Waals surface area contributed by atoms with Gasteiger partial charge in [-0.25, -0.2) is 17.2 Å².